The van der Waals surface area contributed by atoms with Gasteiger partial charge >= 0.3 is 11.9 Å². The number of aliphatic carboxylic acids is 1. The summed E-state index contributed by atoms with van der Waals surface area (Å²) in [7, 11) is 0. The van der Waals surface area contributed by atoms with Crippen molar-refractivity contribution in [2.24, 2.45) is 0 Å². The molecular weight excluding hydrogens is 318 g/mol. The van der Waals surface area contributed by atoms with Gasteiger partial charge in [0, 0.05) is 6.42 Å². The van der Waals surface area contributed by atoms with Crippen LogP contribution in [0.5, 0.6) is 0 Å². The monoisotopic (exact) mass is 357 g/mol. The van der Waals surface area contributed by atoms with Crippen LogP contribution in [0.25, 0.3) is 0 Å². The van der Waals surface area contributed by atoms with Crippen molar-refractivity contribution in [3.05, 3.63) is 0 Å². The fourth-order valence-corrected chi connectivity index (χ4v) is 2.68. The predicted molar refractivity (Wildman–Crippen MR) is 102 cm³/mol. The molecule has 0 bridgehead atoms. The van der Waals surface area contributed by atoms with Gasteiger partial charge in [-0.1, -0.05) is 58.3 Å². The number of nitrogens with one attached hydrogen (secondary N) is 1. The van der Waals surface area contributed by atoms with Gasteiger partial charge in [0.05, 0.1) is 0 Å². The molecule has 0 heterocycles. The maximum absolute atomic E-state index is 11.7. The normalized spacial score (nSPS) is 12.8. The van der Waals surface area contributed by atoms with E-state index in [2.05, 4.69) is 12.2 Å². The highest BCUT2D eigenvalue weighted by Gasteiger charge is 2.21. The number of ether oxygens (including phenoxy) is 1. The number of carbonyl (C=O) groups excluding carboxylic acids is 1. The quantitative estimate of drug-likeness (QED) is 0.329. The van der Waals surface area contributed by atoms with E-state index < -0.39 is 17.6 Å². The Bertz CT molecular complexity index is 363. The summed E-state index contributed by atoms with van der Waals surface area (Å²) in [6.07, 6.45) is 11.6. The van der Waals surface area contributed by atoms with Crippen molar-refractivity contribution in [1.29, 1.82) is 0 Å². The third kappa shape index (κ3) is 16.1. The molecule has 0 amide bonds. The van der Waals surface area contributed by atoms with Crippen LogP contribution in [0.1, 0.15) is 98.3 Å². The highest BCUT2D eigenvalue weighted by Crippen LogP contribution is 2.11. The molecule has 0 aliphatic carbocycles. The zero-order valence-corrected chi connectivity index (χ0v) is 16.7. The van der Waals surface area contributed by atoms with Crippen LogP contribution in [-0.2, 0) is 14.3 Å². The molecule has 0 aromatic rings. The first-order valence-corrected chi connectivity index (χ1v) is 9.94. The van der Waals surface area contributed by atoms with E-state index in [1.807, 2.05) is 20.8 Å². The lowest BCUT2D eigenvalue weighted by Gasteiger charge is -2.20. The zero-order valence-electron chi connectivity index (χ0n) is 16.7. The molecule has 0 saturated carbocycles. The number of rotatable bonds is 15. The van der Waals surface area contributed by atoms with Crippen LogP contribution in [0.15, 0.2) is 0 Å². The third-order valence-corrected chi connectivity index (χ3v) is 4.03. The number of carboxylic acid groups (broad SMARTS) is 1. The van der Waals surface area contributed by atoms with Gasteiger partial charge in [-0.15, -0.1) is 0 Å². The van der Waals surface area contributed by atoms with Crippen molar-refractivity contribution in [2.45, 2.75) is 110 Å². The molecule has 2 N–H and O–H groups in total. The molecule has 0 aliphatic rings. The number of carbonyl (C=O) groups is 2. The van der Waals surface area contributed by atoms with Crippen molar-refractivity contribution in [3.8, 4) is 0 Å². The molecule has 5 heteroatoms. The molecule has 0 fully saturated rings. The molecule has 0 radical (unpaired) electrons. The second-order valence-electron chi connectivity index (χ2n) is 7.80. The molecular formula is C20H39NO4. The van der Waals surface area contributed by atoms with Crippen LogP contribution in [0.4, 0.5) is 0 Å². The molecule has 0 spiro atoms. The van der Waals surface area contributed by atoms with Crippen molar-refractivity contribution in [2.75, 3.05) is 6.54 Å². The minimum atomic E-state index is -0.903. The third-order valence-electron chi connectivity index (χ3n) is 4.03. The highest BCUT2D eigenvalue weighted by molar-refractivity contribution is 5.75. The van der Waals surface area contributed by atoms with Crippen LogP contribution < -0.4 is 5.32 Å². The van der Waals surface area contributed by atoms with E-state index in [0.29, 0.717) is 6.54 Å². The minimum Gasteiger partial charge on any atom is -0.480 e. The smallest absolute Gasteiger partial charge is 0.320 e. The lowest BCUT2D eigenvalue weighted by Crippen LogP contribution is -2.38. The summed E-state index contributed by atoms with van der Waals surface area (Å²) in [4.78, 5) is 23.0. The predicted octanol–water partition coefficient (Wildman–Crippen LogP) is 4.68. The molecule has 0 aromatic carbocycles. The average molecular weight is 358 g/mol. The molecule has 1 unspecified atom stereocenters. The number of carboxylic acids is 1. The van der Waals surface area contributed by atoms with Crippen LogP contribution in [0.2, 0.25) is 0 Å². The summed E-state index contributed by atoms with van der Waals surface area (Å²) in [6.45, 7) is 8.33. The fraction of sp³-hybridized carbons (Fsp3) is 0.900. The number of unbranched alkanes of at least 4 members (excludes halogenated alkanes) is 8. The summed E-state index contributed by atoms with van der Waals surface area (Å²) < 4.78 is 5.21. The Balaban J connectivity index is 3.73. The Morgan fingerprint density at radius 3 is 1.96 bits per heavy atom. The Morgan fingerprint density at radius 1 is 0.960 bits per heavy atom. The SMILES string of the molecule is CCCCCCCCCCCNC(CCC(=O)OC(C)(C)C)C(=O)O. The summed E-state index contributed by atoms with van der Waals surface area (Å²) in [5.74, 6) is -1.25. The summed E-state index contributed by atoms with van der Waals surface area (Å²) in [6, 6.07) is -0.679. The topological polar surface area (TPSA) is 75.6 Å². The molecule has 0 aromatic heterocycles. The molecule has 25 heavy (non-hydrogen) atoms. The number of esters is 1. The molecule has 1 atom stereocenters. The molecule has 0 rings (SSSR count). The van der Waals surface area contributed by atoms with E-state index in [1.54, 1.807) is 0 Å². The van der Waals surface area contributed by atoms with Crippen molar-refractivity contribution >= 4 is 11.9 Å². The van der Waals surface area contributed by atoms with Crippen LogP contribution in [-0.4, -0.2) is 35.2 Å². The van der Waals surface area contributed by atoms with Crippen LogP contribution in [0.3, 0.4) is 0 Å². The Kier molecular flexibility index (Phi) is 13.5. The molecule has 0 saturated heterocycles. The average Bonchev–Trinajstić information content (AvgIpc) is 2.49. The number of hydrogen-bond donors (Lipinski definition) is 2. The van der Waals surface area contributed by atoms with Gasteiger partial charge in [-0.3, -0.25) is 9.59 Å². The number of hydrogen-bond acceptors (Lipinski definition) is 4. The van der Waals surface area contributed by atoms with Crippen LogP contribution >= 0.6 is 0 Å². The standard InChI is InChI=1S/C20H39NO4/c1-5-6-7-8-9-10-11-12-13-16-21-17(19(23)24)14-15-18(22)25-20(2,3)4/h17,21H,5-16H2,1-4H3,(H,23,24). The summed E-state index contributed by atoms with van der Waals surface area (Å²) in [5.41, 5.74) is -0.528. The van der Waals surface area contributed by atoms with Crippen molar-refractivity contribution in [3.63, 3.8) is 0 Å². The largest absolute Gasteiger partial charge is 0.480 e. The van der Waals surface area contributed by atoms with Gasteiger partial charge < -0.3 is 15.2 Å². The van der Waals surface area contributed by atoms with E-state index >= 15 is 0 Å². The van der Waals surface area contributed by atoms with Crippen molar-refractivity contribution in [1.82, 2.24) is 5.32 Å². The lowest BCUT2D eigenvalue weighted by atomic mass is 10.1. The Hall–Kier alpha value is -1.10. The first-order chi connectivity index (χ1) is 11.8. The molecule has 5 nitrogen and oxygen atoms in total. The van der Waals surface area contributed by atoms with E-state index in [4.69, 9.17) is 4.74 Å². The Labute approximate surface area is 153 Å². The minimum absolute atomic E-state index is 0.124. The second kappa shape index (κ2) is 14.1. The van der Waals surface area contributed by atoms with Crippen molar-refractivity contribution < 1.29 is 19.4 Å². The summed E-state index contributed by atoms with van der Waals surface area (Å²) >= 11 is 0. The highest BCUT2D eigenvalue weighted by atomic mass is 16.6. The van der Waals surface area contributed by atoms with Gasteiger partial charge in [-0.25, -0.2) is 0 Å². The van der Waals surface area contributed by atoms with Gasteiger partial charge in [-0.05, 0) is 40.2 Å². The fourth-order valence-electron chi connectivity index (χ4n) is 2.68. The van der Waals surface area contributed by atoms with E-state index in [-0.39, 0.29) is 18.8 Å². The van der Waals surface area contributed by atoms with E-state index in [1.165, 1.54) is 44.9 Å². The molecule has 148 valence electrons. The summed E-state index contributed by atoms with van der Waals surface area (Å²) in [5, 5.41) is 12.3. The first-order valence-electron chi connectivity index (χ1n) is 9.94. The van der Waals surface area contributed by atoms with Gasteiger partial charge in [0.25, 0.3) is 0 Å². The lowest BCUT2D eigenvalue weighted by molar-refractivity contribution is -0.155. The first kappa shape index (κ1) is 23.9. The maximum atomic E-state index is 11.7. The molecule has 0 aliphatic heterocycles. The van der Waals surface area contributed by atoms with Gasteiger partial charge in [0.2, 0.25) is 0 Å². The maximum Gasteiger partial charge on any atom is 0.320 e. The zero-order chi connectivity index (χ0) is 19.1. The van der Waals surface area contributed by atoms with Gasteiger partial charge in [-0.2, -0.15) is 0 Å². The second-order valence-corrected chi connectivity index (χ2v) is 7.80. The van der Waals surface area contributed by atoms with E-state index in [0.717, 1.165) is 12.8 Å². The van der Waals surface area contributed by atoms with Gasteiger partial charge in [0.1, 0.15) is 11.6 Å². The Morgan fingerprint density at radius 2 is 1.48 bits per heavy atom. The van der Waals surface area contributed by atoms with E-state index in [9.17, 15) is 14.7 Å². The van der Waals surface area contributed by atoms with Crippen LogP contribution in [0, 0.1) is 0 Å². The van der Waals surface area contributed by atoms with Gasteiger partial charge in [0.15, 0.2) is 0 Å².